The summed E-state index contributed by atoms with van der Waals surface area (Å²) in [6, 6.07) is 10.8. The van der Waals surface area contributed by atoms with Crippen LogP contribution in [0.2, 0.25) is 5.15 Å². The van der Waals surface area contributed by atoms with Gasteiger partial charge in [0.2, 0.25) is 5.95 Å². The van der Waals surface area contributed by atoms with Gasteiger partial charge in [0.15, 0.2) is 5.15 Å². The van der Waals surface area contributed by atoms with Crippen molar-refractivity contribution in [2.45, 2.75) is 4.90 Å². The summed E-state index contributed by atoms with van der Waals surface area (Å²) in [4.78, 5) is 11.6. The Bertz CT molecular complexity index is 1330. The molecule has 146 valence electrons. The van der Waals surface area contributed by atoms with Crippen molar-refractivity contribution in [1.82, 2.24) is 15.0 Å². The van der Waals surface area contributed by atoms with Crippen molar-refractivity contribution in [3.8, 4) is 11.1 Å². The largest absolute Gasteiger partial charge is 0.276 e. The minimum atomic E-state index is -4.00. The zero-order valence-corrected chi connectivity index (χ0v) is 16.0. The van der Waals surface area contributed by atoms with Crippen LogP contribution in [0.4, 0.5) is 14.5 Å². The van der Waals surface area contributed by atoms with E-state index in [1.807, 2.05) is 0 Å². The molecule has 2 aromatic carbocycles. The summed E-state index contributed by atoms with van der Waals surface area (Å²) in [6.07, 6.45) is 2.47. The number of benzene rings is 2. The predicted octanol–water partition coefficient (Wildman–Crippen LogP) is 4.42. The van der Waals surface area contributed by atoms with Crippen LogP contribution in [0.25, 0.3) is 22.2 Å². The molecule has 0 atom stereocenters. The summed E-state index contributed by atoms with van der Waals surface area (Å²) in [5.41, 5.74) is 2.03. The van der Waals surface area contributed by atoms with Crippen LogP contribution in [0.5, 0.6) is 0 Å². The van der Waals surface area contributed by atoms with Gasteiger partial charge in [-0.1, -0.05) is 17.7 Å². The van der Waals surface area contributed by atoms with E-state index in [1.165, 1.54) is 12.3 Å². The van der Waals surface area contributed by atoms with Crippen molar-refractivity contribution >= 4 is 38.3 Å². The Morgan fingerprint density at radius 3 is 2.38 bits per heavy atom. The van der Waals surface area contributed by atoms with E-state index in [9.17, 15) is 17.2 Å². The van der Waals surface area contributed by atoms with Gasteiger partial charge in [0, 0.05) is 11.8 Å². The van der Waals surface area contributed by atoms with Crippen molar-refractivity contribution in [2.24, 2.45) is 0 Å². The fourth-order valence-corrected chi connectivity index (χ4v) is 3.93. The van der Waals surface area contributed by atoms with Crippen molar-refractivity contribution in [3.05, 3.63) is 77.8 Å². The average molecular weight is 433 g/mol. The highest BCUT2D eigenvalue weighted by Gasteiger charge is 2.17. The molecule has 0 saturated carbocycles. The summed E-state index contributed by atoms with van der Waals surface area (Å²) in [7, 11) is -4.00. The van der Waals surface area contributed by atoms with Crippen molar-refractivity contribution in [2.75, 3.05) is 4.72 Å². The monoisotopic (exact) mass is 432 g/mol. The number of fused-ring (bicyclic) bond motifs is 1. The smallest absolute Gasteiger partial charge is 0.261 e. The van der Waals surface area contributed by atoms with Gasteiger partial charge in [0.25, 0.3) is 10.0 Å². The van der Waals surface area contributed by atoms with Crippen LogP contribution in [-0.2, 0) is 10.0 Å². The molecule has 0 aliphatic rings. The van der Waals surface area contributed by atoms with E-state index in [0.717, 1.165) is 30.5 Å². The molecule has 10 heteroatoms. The second-order valence-electron chi connectivity index (χ2n) is 6.02. The number of sulfonamides is 1. The number of pyridine rings is 1. The highest BCUT2D eigenvalue weighted by Crippen LogP contribution is 2.29. The van der Waals surface area contributed by atoms with Gasteiger partial charge in [-0.3, -0.25) is 4.72 Å². The summed E-state index contributed by atoms with van der Waals surface area (Å²) < 4.78 is 53.9. The lowest BCUT2D eigenvalue weighted by molar-refractivity contribution is 0.583. The molecule has 1 N–H and O–H groups in total. The molecule has 2 heterocycles. The van der Waals surface area contributed by atoms with Gasteiger partial charge in [0.05, 0.1) is 27.8 Å². The average Bonchev–Trinajstić information content (AvgIpc) is 2.69. The second kappa shape index (κ2) is 7.34. The summed E-state index contributed by atoms with van der Waals surface area (Å²) in [5.74, 6) is -1.27. The third-order valence-corrected chi connectivity index (χ3v) is 5.74. The zero-order valence-electron chi connectivity index (χ0n) is 14.5. The molecule has 4 aromatic rings. The molecule has 0 aliphatic heterocycles. The summed E-state index contributed by atoms with van der Waals surface area (Å²) >= 11 is 6.05. The predicted molar refractivity (Wildman–Crippen MR) is 105 cm³/mol. The van der Waals surface area contributed by atoms with Crippen LogP contribution in [-0.4, -0.2) is 23.4 Å². The SMILES string of the molecule is O=S(=O)(Nc1cc(-c2ccc3ncc(F)nc3c2)cnc1Cl)c1ccc(F)cc1. The van der Waals surface area contributed by atoms with Crippen LogP contribution in [0.1, 0.15) is 0 Å². The van der Waals surface area contributed by atoms with Crippen LogP contribution < -0.4 is 4.72 Å². The Morgan fingerprint density at radius 1 is 0.862 bits per heavy atom. The Balaban J connectivity index is 1.72. The number of halogens is 3. The maximum Gasteiger partial charge on any atom is 0.261 e. The molecule has 0 amide bonds. The lowest BCUT2D eigenvalue weighted by Gasteiger charge is -2.11. The lowest BCUT2D eigenvalue weighted by atomic mass is 10.1. The van der Waals surface area contributed by atoms with Gasteiger partial charge < -0.3 is 0 Å². The fraction of sp³-hybridized carbons (Fsp3) is 0. The quantitative estimate of drug-likeness (QED) is 0.482. The summed E-state index contributed by atoms with van der Waals surface area (Å²) in [6.45, 7) is 0. The van der Waals surface area contributed by atoms with Crippen LogP contribution in [0, 0.1) is 11.8 Å². The minimum Gasteiger partial charge on any atom is -0.276 e. The van der Waals surface area contributed by atoms with Gasteiger partial charge in [-0.2, -0.15) is 4.39 Å². The number of nitrogens with one attached hydrogen (secondary N) is 1. The third-order valence-electron chi connectivity index (χ3n) is 4.05. The van der Waals surface area contributed by atoms with Gasteiger partial charge >= 0.3 is 0 Å². The van der Waals surface area contributed by atoms with E-state index in [0.29, 0.717) is 22.2 Å². The maximum absolute atomic E-state index is 13.4. The van der Waals surface area contributed by atoms with Gasteiger partial charge in [0.1, 0.15) is 5.82 Å². The summed E-state index contributed by atoms with van der Waals surface area (Å²) in [5, 5.41) is -0.0638. The van der Waals surface area contributed by atoms with Crippen molar-refractivity contribution < 1.29 is 17.2 Å². The number of nitrogens with zero attached hydrogens (tertiary/aromatic N) is 3. The molecule has 0 aliphatic carbocycles. The van der Waals surface area contributed by atoms with E-state index in [4.69, 9.17) is 11.6 Å². The Morgan fingerprint density at radius 2 is 1.62 bits per heavy atom. The first-order chi connectivity index (χ1) is 13.8. The standard InChI is InChI=1S/C19H11ClF2N4O2S/c20-19-17(26-29(27,28)14-4-2-13(21)3-5-14)8-12(9-24-19)11-1-6-15-16(7-11)25-18(22)10-23-15/h1-10,26H. The van der Waals surface area contributed by atoms with E-state index >= 15 is 0 Å². The normalized spacial score (nSPS) is 11.6. The first kappa shape index (κ1) is 19.2. The minimum absolute atomic E-state index is 0.0407. The molecule has 0 fully saturated rings. The third kappa shape index (κ3) is 4.01. The number of hydrogen-bond acceptors (Lipinski definition) is 5. The van der Waals surface area contributed by atoms with Gasteiger partial charge in [-0.15, -0.1) is 0 Å². The number of hydrogen-bond donors (Lipinski definition) is 1. The van der Waals surface area contributed by atoms with E-state index in [2.05, 4.69) is 19.7 Å². The highest BCUT2D eigenvalue weighted by molar-refractivity contribution is 7.92. The molecule has 0 bridgehead atoms. The molecule has 0 saturated heterocycles. The second-order valence-corrected chi connectivity index (χ2v) is 8.06. The Labute approximate surface area is 169 Å². The Hall–Kier alpha value is -3.17. The van der Waals surface area contributed by atoms with Crippen molar-refractivity contribution in [1.29, 1.82) is 0 Å². The van der Waals surface area contributed by atoms with E-state index < -0.39 is 21.8 Å². The Kier molecular flexibility index (Phi) is 4.85. The van der Waals surface area contributed by atoms with Crippen LogP contribution in [0.15, 0.2) is 65.8 Å². The van der Waals surface area contributed by atoms with Gasteiger partial charge in [-0.25, -0.2) is 27.8 Å². The number of aromatic nitrogens is 3. The molecule has 29 heavy (non-hydrogen) atoms. The molecular formula is C19H11ClF2N4O2S. The topological polar surface area (TPSA) is 84.8 Å². The molecule has 0 radical (unpaired) electrons. The van der Waals surface area contributed by atoms with Crippen LogP contribution in [0.3, 0.4) is 0 Å². The lowest BCUT2D eigenvalue weighted by Crippen LogP contribution is -2.13. The van der Waals surface area contributed by atoms with E-state index in [-0.39, 0.29) is 15.7 Å². The fourth-order valence-electron chi connectivity index (χ4n) is 2.66. The molecular weight excluding hydrogens is 422 g/mol. The van der Waals surface area contributed by atoms with Gasteiger partial charge in [-0.05, 0) is 48.0 Å². The number of rotatable bonds is 4. The molecule has 0 unspecified atom stereocenters. The first-order valence-electron chi connectivity index (χ1n) is 8.18. The maximum atomic E-state index is 13.4. The first-order valence-corrected chi connectivity index (χ1v) is 10.0. The van der Waals surface area contributed by atoms with E-state index in [1.54, 1.807) is 18.2 Å². The highest BCUT2D eigenvalue weighted by atomic mass is 35.5. The molecule has 2 aromatic heterocycles. The van der Waals surface area contributed by atoms with Crippen LogP contribution >= 0.6 is 11.6 Å². The van der Waals surface area contributed by atoms with Crippen molar-refractivity contribution in [3.63, 3.8) is 0 Å². The zero-order chi connectivity index (χ0) is 20.6. The molecule has 4 rings (SSSR count). The molecule has 0 spiro atoms. The number of anilines is 1. The molecule has 6 nitrogen and oxygen atoms in total.